The van der Waals surface area contributed by atoms with Crippen LogP contribution in [-0.2, 0) is 11.3 Å². The van der Waals surface area contributed by atoms with Gasteiger partial charge in [0.05, 0.1) is 13.2 Å². The quantitative estimate of drug-likeness (QED) is 0.398. The van der Waals surface area contributed by atoms with Gasteiger partial charge in [-0.15, -0.1) is 5.10 Å². The first-order valence-corrected chi connectivity index (χ1v) is 12.1. The number of urea groups is 1. The topological polar surface area (TPSA) is 87.0 Å². The van der Waals surface area contributed by atoms with Crippen molar-refractivity contribution < 1.29 is 9.53 Å². The van der Waals surface area contributed by atoms with Gasteiger partial charge in [-0.25, -0.2) is 14.3 Å². The summed E-state index contributed by atoms with van der Waals surface area (Å²) < 4.78 is 7.46. The van der Waals surface area contributed by atoms with Crippen LogP contribution >= 0.6 is 11.6 Å². The molecule has 0 aliphatic carbocycles. The number of anilines is 3. The molecule has 0 atom stereocenters. The van der Waals surface area contributed by atoms with Gasteiger partial charge in [0.1, 0.15) is 5.52 Å². The fraction of sp³-hybridized carbons (Fsp3) is 0.269. The van der Waals surface area contributed by atoms with Crippen LogP contribution in [0.1, 0.15) is 5.56 Å². The fourth-order valence-electron chi connectivity index (χ4n) is 4.15. The molecule has 186 valence electrons. The van der Waals surface area contributed by atoms with Crippen molar-refractivity contribution in [2.45, 2.75) is 6.54 Å². The number of halogens is 1. The number of rotatable bonds is 6. The smallest absolute Gasteiger partial charge is 0.323 e. The molecule has 1 saturated heterocycles. The van der Waals surface area contributed by atoms with E-state index in [2.05, 4.69) is 32.7 Å². The number of carbonyl (C=O) groups is 1. The molecule has 0 saturated carbocycles. The monoisotopic (exact) mass is 505 g/mol. The highest BCUT2D eigenvalue weighted by atomic mass is 35.5. The van der Waals surface area contributed by atoms with Gasteiger partial charge >= 0.3 is 6.03 Å². The van der Waals surface area contributed by atoms with Crippen LogP contribution in [0, 0.1) is 0 Å². The van der Waals surface area contributed by atoms with E-state index in [0.717, 1.165) is 36.5 Å². The van der Waals surface area contributed by atoms with E-state index in [9.17, 15) is 4.79 Å². The summed E-state index contributed by atoms with van der Waals surface area (Å²) in [6.07, 6.45) is 2.06. The van der Waals surface area contributed by atoms with Crippen molar-refractivity contribution in [3.05, 3.63) is 71.4 Å². The van der Waals surface area contributed by atoms with Crippen molar-refractivity contribution in [2.24, 2.45) is 0 Å². The predicted molar refractivity (Wildman–Crippen MR) is 143 cm³/mol. The standard InChI is InChI=1S/C26H28ClN7O2/c1-32(2)16-18-15-23-25(33-11-13-36-14-12-33)30-24(31-34(23)17-18)19-3-7-21(8-4-19)28-26(35)29-22-9-5-20(27)6-10-22/h3-10,15,17H,11-14,16H2,1-2H3,(H2,28,29,35). The average Bonchev–Trinajstić information content (AvgIpc) is 3.27. The van der Waals surface area contributed by atoms with Gasteiger partial charge in [0.2, 0.25) is 0 Å². The number of nitrogens with one attached hydrogen (secondary N) is 2. The summed E-state index contributed by atoms with van der Waals surface area (Å²) in [6.45, 7) is 3.74. The van der Waals surface area contributed by atoms with Gasteiger partial charge in [-0.2, -0.15) is 0 Å². The summed E-state index contributed by atoms with van der Waals surface area (Å²) in [5.74, 6) is 1.52. The molecule has 0 bridgehead atoms. The SMILES string of the molecule is CN(C)Cc1cc2c(N3CCOCC3)nc(-c3ccc(NC(=O)Nc4ccc(Cl)cc4)cc3)nn2c1. The van der Waals surface area contributed by atoms with Crippen LogP contribution in [0.2, 0.25) is 5.02 Å². The summed E-state index contributed by atoms with van der Waals surface area (Å²) in [5, 5.41) is 11.0. The van der Waals surface area contributed by atoms with Crippen molar-refractivity contribution >= 4 is 40.3 Å². The molecule has 2 aromatic carbocycles. The van der Waals surface area contributed by atoms with E-state index < -0.39 is 0 Å². The highest BCUT2D eigenvalue weighted by Gasteiger charge is 2.19. The molecular weight excluding hydrogens is 478 g/mol. The number of nitrogens with zero attached hydrogens (tertiary/aromatic N) is 5. The summed E-state index contributed by atoms with van der Waals surface area (Å²) in [5.41, 5.74) is 4.33. The molecule has 9 nitrogen and oxygen atoms in total. The summed E-state index contributed by atoms with van der Waals surface area (Å²) in [7, 11) is 4.10. The van der Waals surface area contributed by atoms with E-state index in [1.54, 1.807) is 24.3 Å². The average molecular weight is 506 g/mol. The van der Waals surface area contributed by atoms with Gasteiger partial charge in [-0.3, -0.25) is 0 Å². The van der Waals surface area contributed by atoms with Gasteiger partial charge in [0.25, 0.3) is 0 Å². The maximum Gasteiger partial charge on any atom is 0.323 e. The Morgan fingerprint density at radius 2 is 1.67 bits per heavy atom. The predicted octanol–water partition coefficient (Wildman–Crippen LogP) is 4.59. The van der Waals surface area contributed by atoms with Gasteiger partial charge in [0.15, 0.2) is 11.6 Å². The minimum absolute atomic E-state index is 0.335. The van der Waals surface area contributed by atoms with Crippen molar-refractivity contribution in [2.75, 3.05) is 55.9 Å². The number of amides is 2. The van der Waals surface area contributed by atoms with E-state index in [0.29, 0.717) is 35.4 Å². The van der Waals surface area contributed by atoms with Crippen molar-refractivity contribution in [1.29, 1.82) is 0 Å². The molecule has 1 aliphatic rings. The van der Waals surface area contributed by atoms with E-state index >= 15 is 0 Å². The normalized spacial score (nSPS) is 13.8. The third-order valence-corrected chi connectivity index (χ3v) is 6.06. The molecule has 0 unspecified atom stereocenters. The fourth-order valence-corrected chi connectivity index (χ4v) is 4.27. The third kappa shape index (κ3) is 5.59. The van der Waals surface area contributed by atoms with Crippen molar-refractivity contribution in [3.63, 3.8) is 0 Å². The number of ether oxygens (including phenoxy) is 1. The van der Waals surface area contributed by atoms with Crippen LogP contribution in [0.5, 0.6) is 0 Å². The lowest BCUT2D eigenvalue weighted by Gasteiger charge is -2.28. The van der Waals surface area contributed by atoms with Crippen LogP contribution in [0.4, 0.5) is 22.0 Å². The second-order valence-corrected chi connectivity index (χ2v) is 9.37. The van der Waals surface area contributed by atoms with Crippen molar-refractivity contribution in [1.82, 2.24) is 19.5 Å². The highest BCUT2D eigenvalue weighted by molar-refractivity contribution is 6.30. The first-order valence-electron chi connectivity index (χ1n) is 11.8. The minimum Gasteiger partial charge on any atom is -0.378 e. The van der Waals surface area contributed by atoms with Crippen LogP contribution in [0.3, 0.4) is 0 Å². The maximum absolute atomic E-state index is 12.4. The van der Waals surface area contributed by atoms with Gasteiger partial charge in [-0.05, 0) is 74.3 Å². The highest BCUT2D eigenvalue weighted by Crippen LogP contribution is 2.27. The lowest BCUT2D eigenvalue weighted by molar-refractivity contribution is 0.122. The van der Waals surface area contributed by atoms with E-state index in [1.165, 1.54) is 5.56 Å². The second kappa shape index (κ2) is 10.5. The summed E-state index contributed by atoms with van der Waals surface area (Å²) in [4.78, 5) is 21.7. The van der Waals surface area contributed by atoms with E-state index in [1.807, 2.05) is 42.9 Å². The zero-order valence-corrected chi connectivity index (χ0v) is 21.0. The molecule has 2 N–H and O–H groups in total. The van der Waals surface area contributed by atoms with Gasteiger partial charge < -0.3 is 25.2 Å². The number of hydrogen-bond donors (Lipinski definition) is 2. The van der Waals surface area contributed by atoms with Crippen LogP contribution < -0.4 is 15.5 Å². The van der Waals surface area contributed by atoms with Gasteiger partial charge in [0, 0.05) is 47.8 Å². The van der Waals surface area contributed by atoms with Gasteiger partial charge in [-0.1, -0.05) is 11.6 Å². The van der Waals surface area contributed by atoms with E-state index in [4.69, 9.17) is 26.4 Å². The Labute approximate surface area is 214 Å². The Kier molecular flexibility index (Phi) is 7.04. The Morgan fingerprint density at radius 1 is 1.03 bits per heavy atom. The minimum atomic E-state index is -0.335. The number of benzene rings is 2. The Bertz CT molecular complexity index is 1350. The molecule has 3 heterocycles. The molecule has 1 aliphatic heterocycles. The Balaban J connectivity index is 1.38. The lowest BCUT2D eigenvalue weighted by atomic mass is 10.2. The van der Waals surface area contributed by atoms with Crippen LogP contribution in [0.25, 0.3) is 16.9 Å². The molecule has 0 radical (unpaired) electrons. The number of fused-ring (bicyclic) bond motifs is 1. The Morgan fingerprint density at radius 3 is 2.31 bits per heavy atom. The molecular formula is C26H28ClN7O2. The maximum atomic E-state index is 12.4. The molecule has 10 heteroatoms. The zero-order chi connectivity index (χ0) is 25.1. The number of carbonyl (C=O) groups excluding carboxylic acids is 1. The third-order valence-electron chi connectivity index (χ3n) is 5.81. The lowest BCUT2D eigenvalue weighted by Crippen LogP contribution is -2.37. The Hall–Kier alpha value is -3.66. The summed E-state index contributed by atoms with van der Waals surface area (Å²) >= 11 is 5.90. The first-order chi connectivity index (χ1) is 17.4. The van der Waals surface area contributed by atoms with Crippen LogP contribution in [0.15, 0.2) is 60.8 Å². The number of morpholine rings is 1. The number of hydrogen-bond acceptors (Lipinski definition) is 6. The molecule has 4 aromatic rings. The molecule has 2 amide bonds. The second-order valence-electron chi connectivity index (χ2n) is 8.94. The zero-order valence-electron chi connectivity index (χ0n) is 20.2. The molecule has 2 aromatic heterocycles. The van der Waals surface area contributed by atoms with Crippen LogP contribution in [-0.4, -0.2) is 65.9 Å². The largest absolute Gasteiger partial charge is 0.378 e. The molecule has 0 spiro atoms. The summed E-state index contributed by atoms with van der Waals surface area (Å²) in [6, 6.07) is 16.3. The first kappa shape index (κ1) is 24.1. The van der Waals surface area contributed by atoms with E-state index in [-0.39, 0.29) is 6.03 Å². The molecule has 5 rings (SSSR count). The number of aromatic nitrogens is 3. The molecule has 36 heavy (non-hydrogen) atoms. The molecule has 1 fully saturated rings. The van der Waals surface area contributed by atoms with Crippen molar-refractivity contribution in [3.8, 4) is 11.4 Å².